The summed E-state index contributed by atoms with van der Waals surface area (Å²) in [5.41, 5.74) is 3.60. The first-order chi connectivity index (χ1) is 12.2. The molecule has 0 amide bonds. The van der Waals surface area contributed by atoms with Crippen molar-refractivity contribution in [1.29, 1.82) is 0 Å². The standard InChI is InChI=1S/C21H31FO3Si/c1-6-7-14-26(5,16-21(2,3)4)25-20-13-12-19(24-20)15-23-18-10-8-17(22)9-11-18/h8-11,19-20H,6,12-13,15-16H2,1-5H3. The van der Waals surface area contributed by atoms with E-state index in [9.17, 15) is 4.39 Å². The Kier molecular flexibility index (Phi) is 7.28. The van der Waals surface area contributed by atoms with Gasteiger partial charge in [-0.2, -0.15) is 0 Å². The molecule has 5 heteroatoms. The van der Waals surface area contributed by atoms with E-state index in [1.54, 1.807) is 12.1 Å². The Balaban J connectivity index is 1.88. The zero-order chi connectivity index (χ0) is 19.2. The maximum atomic E-state index is 12.9. The molecule has 26 heavy (non-hydrogen) atoms. The largest absolute Gasteiger partial charge is 0.491 e. The predicted molar refractivity (Wildman–Crippen MR) is 105 cm³/mol. The third-order valence-electron chi connectivity index (χ3n) is 4.11. The second-order valence-electron chi connectivity index (χ2n) is 8.27. The molecule has 1 aliphatic rings. The van der Waals surface area contributed by atoms with Crippen molar-refractivity contribution < 1.29 is 18.3 Å². The number of hydrogen-bond donors (Lipinski definition) is 0. The summed E-state index contributed by atoms with van der Waals surface area (Å²) in [4.78, 5) is 0. The number of halogens is 1. The lowest BCUT2D eigenvalue weighted by molar-refractivity contribution is -0.0872. The molecule has 0 spiro atoms. The highest BCUT2D eigenvalue weighted by Gasteiger charge is 2.38. The average molecular weight is 379 g/mol. The van der Waals surface area contributed by atoms with E-state index in [2.05, 4.69) is 45.7 Å². The van der Waals surface area contributed by atoms with Gasteiger partial charge < -0.3 is 13.9 Å². The molecule has 0 saturated carbocycles. The van der Waals surface area contributed by atoms with Crippen LogP contribution in [0.25, 0.3) is 0 Å². The number of rotatable bonds is 6. The van der Waals surface area contributed by atoms with Crippen LogP contribution in [-0.4, -0.2) is 27.3 Å². The molecule has 0 aromatic heterocycles. The van der Waals surface area contributed by atoms with Crippen molar-refractivity contribution in [3.05, 3.63) is 30.1 Å². The molecule has 3 unspecified atom stereocenters. The Labute approximate surface area is 158 Å². The number of hydrogen-bond acceptors (Lipinski definition) is 3. The summed E-state index contributed by atoms with van der Waals surface area (Å²) in [5, 5.41) is 0. The maximum absolute atomic E-state index is 12.9. The van der Waals surface area contributed by atoms with Crippen molar-refractivity contribution in [3.63, 3.8) is 0 Å². The van der Waals surface area contributed by atoms with Crippen molar-refractivity contribution in [1.82, 2.24) is 0 Å². The monoisotopic (exact) mass is 378 g/mol. The highest BCUT2D eigenvalue weighted by molar-refractivity contribution is 6.80. The minimum atomic E-state index is -2.16. The molecular weight excluding hydrogens is 347 g/mol. The van der Waals surface area contributed by atoms with Crippen LogP contribution in [0.15, 0.2) is 24.3 Å². The van der Waals surface area contributed by atoms with Crippen LogP contribution in [0.4, 0.5) is 4.39 Å². The molecule has 0 N–H and O–H groups in total. The Bertz CT molecular complexity index is 629. The van der Waals surface area contributed by atoms with Gasteiger partial charge in [-0.3, -0.25) is 0 Å². The van der Waals surface area contributed by atoms with E-state index in [-0.39, 0.29) is 23.6 Å². The summed E-state index contributed by atoms with van der Waals surface area (Å²) < 4.78 is 31.1. The van der Waals surface area contributed by atoms with Crippen LogP contribution in [0.3, 0.4) is 0 Å². The topological polar surface area (TPSA) is 27.7 Å². The van der Waals surface area contributed by atoms with Crippen molar-refractivity contribution in [2.75, 3.05) is 6.61 Å². The van der Waals surface area contributed by atoms with Crippen LogP contribution in [0.5, 0.6) is 5.75 Å². The molecule has 1 aromatic carbocycles. The van der Waals surface area contributed by atoms with Crippen molar-refractivity contribution >= 4 is 8.32 Å². The van der Waals surface area contributed by atoms with Crippen LogP contribution >= 0.6 is 0 Å². The van der Waals surface area contributed by atoms with E-state index in [0.29, 0.717) is 12.4 Å². The maximum Gasteiger partial charge on any atom is 0.272 e. The van der Waals surface area contributed by atoms with Gasteiger partial charge in [0.2, 0.25) is 0 Å². The van der Waals surface area contributed by atoms with E-state index < -0.39 is 8.32 Å². The van der Waals surface area contributed by atoms with Crippen molar-refractivity contribution in [3.8, 4) is 17.2 Å². The summed E-state index contributed by atoms with van der Waals surface area (Å²) in [5.74, 6) is 3.61. The van der Waals surface area contributed by atoms with Gasteiger partial charge in [0.15, 0.2) is 0 Å². The van der Waals surface area contributed by atoms with E-state index in [4.69, 9.17) is 13.9 Å². The Morgan fingerprint density at radius 3 is 2.54 bits per heavy atom. The van der Waals surface area contributed by atoms with Crippen LogP contribution in [0.1, 0.15) is 47.0 Å². The molecule has 1 aliphatic heterocycles. The second-order valence-corrected chi connectivity index (χ2v) is 11.6. The van der Waals surface area contributed by atoms with Gasteiger partial charge in [0, 0.05) is 12.8 Å². The molecule has 0 aliphatic carbocycles. The Hall–Kier alpha value is -1.35. The Morgan fingerprint density at radius 1 is 1.23 bits per heavy atom. The first kappa shape index (κ1) is 21.0. The predicted octanol–water partition coefficient (Wildman–Crippen LogP) is 5.30. The fourth-order valence-corrected chi connectivity index (χ4v) is 6.85. The third-order valence-corrected chi connectivity index (χ3v) is 7.33. The van der Waals surface area contributed by atoms with E-state index in [1.807, 2.05) is 0 Å². The van der Waals surface area contributed by atoms with Gasteiger partial charge in [-0.25, -0.2) is 4.39 Å². The number of benzene rings is 1. The van der Waals surface area contributed by atoms with Crippen molar-refractivity contribution in [2.45, 2.75) is 71.9 Å². The summed E-state index contributed by atoms with van der Waals surface area (Å²) in [6, 6.07) is 7.03. The SMILES string of the molecule is CCC#C[Si](C)(CC(C)(C)C)OC1CCC(COc2ccc(F)cc2)O1. The van der Waals surface area contributed by atoms with Gasteiger partial charge in [-0.05, 0) is 48.7 Å². The van der Waals surface area contributed by atoms with E-state index in [1.165, 1.54) is 12.1 Å². The fraction of sp³-hybridized carbons (Fsp3) is 0.619. The lowest BCUT2D eigenvalue weighted by Crippen LogP contribution is -2.41. The zero-order valence-electron chi connectivity index (χ0n) is 16.6. The minimum Gasteiger partial charge on any atom is -0.491 e. The molecule has 0 radical (unpaired) electrons. The minimum absolute atomic E-state index is 0.00271. The third kappa shape index (κ3) is 7.11. The lowest BCUT2D eigenvalue weighted by atomic mass is 10.0. The van der Waals surface area contributed by atoms with E-state index in [0.717, 1.165) is 25.3 Å². The molecule has 1 saturated heterocycles. The van der Waals surface area contributed by atoms with Crippen LogP contribution in [0, 0.1) is 22.7 Å². The first-order valence-electron chi connectivity index (χ1n) is 9.41. The zero-order valence-corrected chi connectivity index (χ0v) is 17.6. The molecule has 144 valence electrons. The van der Waals surface area contributed by atoms with Gasteiger partial charge in [0.05, 0.1) is 6.10 Å². The van der Waals surface area contributed by atoms with Gasteiger partial charge in [0.1, 0.15) is 24.5 Å². The van der Waals surface area contributed by atoms with Crippen LogP contribution < -0.4 is 4.74 Å². The summed E-state index contributed by atoms with van der Waals surface area (Å²) in [7, 11) is -2.16. The van der Waals surface area contributed by atoms with Gasteiger partial charge in [-0.15, -0.1) is 5.92 Å². The van der Waals surface area contributed by atoms with Crippen LogP contribution in [0.2, 0.25) is 12.6 Å². The number of ether oxygens (including phenoxy) is 2. The molecule has 3 atom stereocenters. The Morgan fingerprint density at radius 2 is 1.92 bits per heavy atom. The smallest absolute Gasteiger partial charge is 0.272 e. The molecule has 2 rings (SSSR count). The van der Waals surface area contributed by atoms with Gasteiger partial charge in [-0.1, -0.05) is 33.2 Å². The molecule has 3 nitrogen and oxygen atoms in total. The lowest BCUT2D eigenvalue weighted by Gasteiger charge is -2.31. The quantitative estimate of drug-likeness (QED) is 0.496. The van der Waals surface area contributed by atoms with Gasteiger partial charge >= 0.3 is 0 Å². The summed E-state index contributed by atoms with van der Waals surface area (Å²) >= 11 is 0. The van der Waals surface area contributed by atoms with Crippen molar-refractivity contribution in [2.24, 2.45) is 5.41 Å². The van der Waals surface area contributed by atoms with Crippen LogP contribution in [-0.2, 0) is 9.16 Å². The molecule has 1 aromatic rings. The van der Waals surface area contributed by atoms with E-state index >= 15 is 0 Å². The van der Waals surface area contributed by atoms with Gasteiger partial charge in [0.25, 0.3) is 8.32 Å². The summed E-state index contributed by atoms with van der Waals surface area (Å²) in [6.45, 7) is 11.4. The highest BCUT2D eigenvalue weighted by atomic mass is 28.4. The first-order valence-corrected chi connectivity index (χ1v) is 12.0. The molecule has 1 fully saturated rings. The highest BCUT2D eigenvalue weighted by Crippen LogP contribution is 2.32. The second kappa shape index (κ2) is 9.03. The summed E-state index contributed by atoms with van der Waals surface area (Å²) in [6.07, 6.45) is 2.39. The molecule has 0 bridgehead atoms. The normalized spacial score (nSPS) is 22.4. The molecular formula is C21H31FO3Si. The molecule has 1 heterocycles. The fourth-order valence-electron chi connectivity index (χ4n) is 3.29. The average Bonchev–Trinajstić information content (AvgIpc) is 2.98.